The van der Waals surface area contributed by atoms with E-state index in [4.69, 9.17) is 4.74 Å². The molecule has 0 spiro atoms. The van der Waals surface area contributed by atoms with Gasteiger partial charge in [-0.15, -0.1) is 0 Å². The highest BCUT2D eigenvalue weighted by Gasteiger charge is 2.34. The Balaban J connectivity index is 1.65. The van der Waals surface area contributed by atoms with E-state index in [0.717, 1.165) is 40.2 Å². The van der Waals surface area contributed by atoms with E-state index in [1.807, 2.05) is 31.2 Å². The maximum Gasteiger partial charge on any atom is 0.421 e. The van der Waals surface area contributed by atoms with Crippen LogP contribution < -0.4 is 4.74 Å². The Morgan fingerprint density at radius 2 is 1.97 bits per heavy atom. The second kappa shape index (κ2) is 8.02. The van der Waals surface area contributed by atoms with Gasteiger partial charge in [-0.3, -0.25) is 10.1 Å². The third kappa shape index (κ3) is 4.20. The molecular weight excluding hydrogens is 391 g/mol. The van der Waals surface area contributed by atoms with Crippen LogP contribution in [0.25, 0.3) is 22.6 Å². The van der Waals surface area contributed by atoms with Crippen LogP contribution in [0.1, 0.15) is 30.0 Å². The highest BCUT2D eigenvalue weighted by atomic mass is 19.4. The lowest BCUT2D eigenvalue weighted by molar-refractivity contribution is -0.138. The van der Waals surface area contributed by atoms with Crippen LogP contribution in [0.15, 0.2) is 67.1 Å². The Hall–Kier alpha value is -3.61. The summed E-state index contributed by atoms with van der Waals surface area (Å²) in [7, 11) is 0. The lowest BCUT2D eigenvalue weighted by Gasteiger charge is -2.14. The molecule has 1 N–H and O–H groups in total. The van der Waals surface area contributed by atoms with E-state index in [2.05, 4.69) is 21.3 Å². The van der Waals surface area contributed by atoms with E-state index in [9.17, 15) is 13.2 Å². The van der Waals surface area contributed by atoms with Gasteiger partial charge in [0.2, 0.25) is 0 Å². The zero-order valence-electron chi connectivity index (χ0n) is 16.1. The van der Waals surface area contributed by atoms with Crippen LogP contribution in [0.2, 0.25) is 0 Å². The highest BCUT2D eigenvalue weighted by molar-refractivity contribution is 5.86. The number of alkyl halides is 3. The standard InChI is InChI=1S/C23H18F3N3O/c1-2-16(10-15-6-7-21-18(11-15)13-28-29-21)17-4-3-5-19(12-17)30-22-8-9-27-14-20(22)23(24,25)26/h3-14H,2H2,1H3,(H,28,29)/b16-10+. The zero-order valence-corrected chi connectivity index (χ0v) is 16.1. The molecule has 0 amide bonds. The van der Waals surface area contributed by atoms with Crippen molar-refractivity contribution in [2.45, 2.75) is 19.5 Å². The van der Waals surface area contributed by atoms with Crippen LogP contribution in [0.4, 0.5) is 13.2 Å². The first-order chi connectivity index (χ1) is 14.4. The van der Waals surface area contributed by atoms with Crippen molar-refractivity contribution in [1.82, 2.24) is 15.2 Å². The number of nitrogens with zero attached hydrogens (tertiary/aromatic N) is 2. The van der Waals surface area contributed by atoms with E-state index in [1.165, 1.54) is 12.3 Å². The van der Waals surface area contributed by atoms with Crippen molar-refractivity contribution in [3.8, 4) is 11.5 Å². The van der Waals surface area contributed by atoms with Crippen molar-refractivity contribution < 1.29 is 17.9 Å². The van der Waals surface area contributed by atoms with Crippen molar-refractivity contribution in [3.05, 3.63) is 83.8 Å². The van der Waals surface area contributed by atoms with E-state index >= 15 is 0 Å². The molecule has 4 rings (SSSR count). The first kappa shape index (κ1) is 19.7. The molecule has 0 fully saturated rings. The van der Waals surface area contributed by atoms with Crippen LogP contribution in [0, 0.1) is 0 Å². The summed E-state index contributed by atoms with van der Waals surface area (Å²) in [6.45, 7) is 2.03. The van der Waals surface area contributed by atoms with Crippen molar-refractivity contribution in [2.75, 3.05) is 0 Å². The second-order valence-electron chi connectivity index (χ2n) is 6.74. The molecule has 0 saturated heterocycles. The third-order valence-corrected chi connectivity index (χ3v) is 4.71. The molecule has 0 unspecified atom stereocenters. The minimum absolute atomic E-state index is 0.276. The van der Waals surface area contributed by atoms with Crippen LogP contribution in [0.3, 0.4) is 0 Å². The molecule has 4 aromatic rings. The zero-order chi connectivity index (χ0) is 21.1. The molecule has 2 aromatic carbocycles. The smallest absolute Gasteiger partial charge is 0.421 e. The number of halogens is 3. The Labute approximate surface area is 171 Å². The summed E-state index contributed by atoms with van der Waals surface area (Å²) in [4.78, 5) is 3.56. The molecule has 0 aliphatic rings. The molecule has 4 nitrogen and oxygen atoms in total. The Morgan fingerprint density at radius 1 is 1.10 bits per heavy atom. The molecular formula is C23H18F3N3O. The van der Waals surface area contributed by atoms with Crippen LogP contribution >= 0.6 is 0 Å². The maximum atomic E-state index is 13.2. The van der Waals surface area contributed by atoms with Gasteiger partial charge in [-0.05, 0) is 53.5 Å². The third-order valence-electron chi connectivity index (χ3n) is 4.71. The van der Waals surface area contributed by atoms with Gasteiger partial charge in [0.15, 0.2) is 0 Å². The molecule has 152 valence electrons. The van der Waals surface area contributed by atoms with E-state index < -0.39 is 11.7 Å². The number of ether oxygens (including phenoxy) is 1. The van der Waals surface area contributed by atoms with E-state index in [-0.39, 0.29) is 5.75 Å². The summed E-state index contributed by atoms with van der Waals surface area (Å²) >= 11 is 0. The fourth-order valence-electron chi connectivity index (χ4n) is 3.21. The molecule has 0 aliphatic heterocycles. The van der Waals surface area contributed by atoms with Gasteiger partial charge in [0, 0.05) is 17.8 Å². The normalized spacial score (nSPS) is 12.3. The Kier molecular flexibility index (Phi) is 5.27. The summed E-state index contributed by atoms with van der Waals surface area (Å²) in [5, 5.41) is 7.96. The minimum Gasteiger partial charge on any atom is -0.457 e. The number of allylic oxidation sites excluding steroid dienone is 1. The average molecular weight is 409 g/mol. The van der Waals surface area contributed by atoms with Crippen molar-refractivity contribution in [3.63, 3.8) is 0 Å². The summed E-state index contributed by atoms with van der Waals surface area (Å²) < 4.78 is 45.2. The van der Waals surface area contributed by atoms with Gasteiger partial charge >= 0.3 is 6.18 Å². The van der Waals surface area contributed by atoms with Gasteiger partial charge in [-0.2, -0.15) is 18.3 Å². The number of hydrogen-bond donors (Lipinski definition) is 1. The first-order valence-electron chi connectivity index (χ1n) is 9.37. The van der Waals surface area contributed by atoms with Gasteiger partial charge < -0.3 is 4.74 Å². The predicted octanol–water partition coefficient (Wildman–Crippen LogP) is 6.72. The molecule has 30 heavy (non-hydrogen) atoms. The number of aromatic amines is 1. The molecule has 7 heteroatoms. The summed E-state index contributed by atoms with van der Waals surface area (Å²) in [6.07, 6.45) is 2.07. The average Bonchev–Trinajstić information content (AvgIpc) is 3.20. The number of pyridine rings is 1. The van der Waals surface area contributed by atoms with Crippen LogP contribution in [0.5, 0.6) is 11.5 Å². The lowest BCUT2D eigenvalue weighted by Crippen LogP contribution is -2.07. The summed E-state index contributed by atoms with van der Waals surface area (Å²) in [6, 6.07) is 14.2. The van der Waals surface area contributed by atoms with E-state index in [1.54, 1.807) is 24.4 Å². The number of rotatable bonds is 5. The number of fused-ring (bicyclic) bond motifs is 1. The highest BCUT2D eigenvalue weighted by Crippen LogP contribution is 2.38. The van der Waals surface area contributed by atoms with Gasteiger partial charge in [0.05, 0.1) is 11.7 Å². The van der Waals surface area contributed by atoms with Crippen molar-refractivity contribution in [1.29, 1.82) is 0 Å². The SMILES string of the molecule is CC/C(=C\c1ccc2[nH]ncc2c1)c1cccc(Oc2ccncc2C(F)(F)F)c1. The number of nitrogens with one attached hydrogen (secondary N) is 1. The van der Waals surface area contributed by atoms with Gasteiger partial charge in [-0.25, -0.2) is 0 Å². The Bertz CT molecular complexity index is 1210. The number of aromatic nitrogens is 3. The van der Waals surface area contributed by atoms with Gasteiger partial charge in [0.1, 0.15) is 17.1 Å². The quantitative estimate of drug-likeness (QED) is 0.372. The van der Waals surface area contributed by atoms with E-state index in [0.29, 0.717) is 5.75 Å². The number of benzene rings is 2. The van der Waals surface area contributed by atoms with Gasteiger partial charge in [0.25, 0.3) is 0 Å². The maximum absolute atomic E-state index is 13.2. The Morgan fingerprint density at radius 3 is 2.77 bits per heavy atom. The molecule has 2 heterocycles. The summed E-state index contributed by atoms with van der Waals surface area (Å²) in [5.74, 6) is 0.0518. The minimum atomic E-state index is -4.54. The fraction of sp³-hybridized carbons (Fsp3) is 0.130. The second-order valence-corrected chi connectivity index (χ2v) is 6.74. The fourth-order valence-corrected chi connectivity index (χ4v) is 3.21. The molecule has 0 radical (unpaired) electrons. The van der Waals surface area contributed by atoms with Gasteiger partial charge in [-0.1, -0.05) is 31.2 Å². The molecule has 0 bridgehead atoms. The number of H-pyrrole nitrogens is 1. The predicted molar refractivity (Wildman–Crippen MR) is 110 cm³/mol. The molecule has 0 aliphatic carbocycles. The van der Waals surface area contributed by atoms with Crippen molar-refractivity contribution >= 4 is 22.6 Å². The van der Waals surface area contributed by atoms with Crippen LogP contribution in [-0.2, 0) is 6.18 Å². The largest absolute Gasteiger partial charge is 0.457 e. The monoisotopic (exact) mass is 409 g/mol. The first-order valence-corrected chi connectivity index (χ1v) is 9.37. The van der Waals surface area contributed by atoms with Crippen molar-refractivity contribution in [2.24, 2.45) is 0 Å². The molecule has 0 saturated carbocycles. The lowest BCUT2D eigenvalue weighted by atomic mass is 10.00. The van der Waals surface area contributed by atoms with Crippen LogP contribution in [-0.4, -0.2) is 15.2 Å². The topological polar surface area (TPSA) is 50.8 Å². The summed E-state index contributed by atoms with van der Waals surface area (Å²) in [5.41, 5.74) is 2.98. The molecule has 0 atom stereocenters. The molecule has 2 aromatic heterocycles. The number of hydrogen-bond acceptors (Lipinski definition) is 3.